The zero-order valence-electron chi connectivity index (χ0n) is 14.9. The molecule has 2 amide bonds. The Balaban J connectivity index is 2.25. The van der Waals surface area contributed by atoms with Gasteiger partial charge >= 0.3 is 0 Å². The van der Waals surface area contributed by atoms with E-state index in [2.05, 4.69) is 15.6 Å². The van der Waals surface area contributed by atoms with Gasteiger partial charge in [0.05, 0.1) is 12.3 Å². The number of nitrogens with zero attached hydrogens (tertiary/aromatic N) is 1. The van der Waals surface area contributed by atoms with E-state index >= 15 is 0 Å². The Bertz CT molecular complexity index is 795. The first kappa shape index (κ1) is 19.4. The Hall–Kier alpha value is -2.97. The average molecular weight is 358 g/mol. The average Bonchev–Trinajstić information content (AvgIpc) is 2.63. The van der Waals surface area contributed by atoms with Crippen molar-refractivity contribution >= 4 is 17.5 Å². The van der Waals surface area contributed by atoms with Gasteiger partial charge in [-0.2, -0.15) is 0 Å². The van der Waals surface area contributed by atoms with Gasteiger partial charge < -0.3 is 25.8 Å². The van der Waals surface area contributed by atoms with Crippen molar-refractivity contribution in [2.45, 2.75) is 13.0 Å². The van der Waals surface area contributed by atoms with Gasteiger partial charge in [0.2, 0.25) is 5.91 Å². The topological polar surface area (TPSA) is 116 Å². The number of ether oxygens (including phenoxy) is 2. The van der Waals surface area contributed by atoms with Gasteiger partial charge in [-0.15, -0.1) is 0 Å². The van der Waals surface area contributed by atoms with Crippen molar-refractivity contribution in [1.82, 2.24) is 10.3 Å². The number of anilines is 1. The minimum absolute atomic E-state index is 0.105. The molecule has 0 aliphatic heterocycles. The Morgan fingerprint density at radius 1 is 1.27 bits per heavy atom. The summed E-state index contributed by atoms with van der Waals surface area (Å²) in [5.74, 6) is 0.137. The summed E-state index contributed by atoms with van der Waals surface area (Å²) in [5, 5.41) is 5.23. The van der Waals surface area contributed by atoms with Crippen LogP contribution in [0.1, 0.15) is 16.1 Å². The largest absolute Gasteiger partial charge is 0.455 e. The number of hydrogen-bond acceptors (Lipinski definition) is 6. The maximum absolute atomic E-state index is 12.1. The van der Waals surface area contributed by atoms with E-state index in [9.17, 15) is 9.59 Å². The van der Waals surface area contributed by atoms with Crippen molar-refractivity contribution in [3.8, 4) is 11.5 Å². The van der Waals surface area contributed by atoms with Crippen LogP contribution in [0.25, 0.3) is 0 Å². The summed E-state index contributed by atoms with van der Waals surface area (Å²) in [6.45, 7) is 2.01. The Labute approximate surface area is 151 Å². The molecule has 0 aliphatic carbocycles. The highest BCUT2D eigenvalue weighted by Gasteiger charge is 2.16. The van der Waals surface area contributed by atoms with Crippen LogP contribution in [0.4, 0.5) is 5.69 Å². The molecule has 0 bridgehead atoms. The molecule has 26 heavy (non-hydrogen) atoms. The van der Waals surface area contributed by atoms with Gasteiger partial charge in [-0.1, -0.05) is 6.07 Å². The maximum Gasteiger partial charge on any atom is 0.269 e. The van der Waals surface area contributed by atoms with Crippen LogP contribution in [0.3, 0.4) is 0 Å². The molecule has 0 aliphatic rings. The van der Waals surface area contributed by atoms with Gasteiger partial charge in [0.15, 0.2) is 5.75 Å². The van der Waals surface area contributed by atoms with Crippen molar-refractivity contribution in [3.05, 3.63) is 47.8 Å². The van der Waals surface area contributed by atoms with E-state index in [0.717, 1.165) is 5.56 Å². The molecule has 4 N–H and O–H groups in total. The lowest BCUT2D eigenvalue weighted by atomic mass is 10.2. The molecule has 2 rings (SSSR count). The highest BCUT2D eigenvalue weighted by molar-refractivity contribution is 5.96. The molecule has 0 saturated heterocycles. The second-order valence-corrected chi connectivity index (χ2v) is 5.61. The van der Waals surface area contributed by atoms with E-state index in [4.69, 9.17) is 15.2 Å². The number of rotatable bonds is 7. The molecular weight excluding hydrogens is 336 g/mol. The number of methoxy groups -OCH3 is 1. The van der Waals surface area contributed by atoms with Crippen LogP contribution in [-0.2, 0) is 9.53 Å². The molecule has 0 radical (unpaired) electrons. The summed E-state index contributed by atoms with van der Waals surface area (Å²) in [5.41, 5.74) is 7.38. The summed E-state index contributed by atoms with van der Waals surface area (Å²) in [7, 11) is 3.00. The van der Waals surface area contributed by atoms with Crippen molar-refractivity contribution in [2.24, 2.45) is 5.73 Å². The number of benzene rings is 1. The molecule has 0 fully saturated rings. The molecule has 1 heterocycles. The van der Waals surface area contributed by atoms with E-state index in [1.807, 2.05) is 13.0 Å². The SMILES string of the molecule is CNC(=O)c1cc(Oc2cc(C)ccc2NC(=O)C(N)COC)ccn1. The minimum atomic E-state index is -0.796. The normalized spacial score (nSPS) is 11.5. The lowest BCUT2D eigenvalue weighted by Gasteiger charge is -2.15. The predicted molar refractivity (Wildman–Crippen MR) is 97.4 cm³/mol. The van der Waals surface area contributed by atoms with Crippen LogP contribution in [0, 0.1) is 6.92 Å². The molecule has 2 aromatic rings. The summed E-state index contributed by atoms with van der Waals surface area (Å²) in [6.07, 6.45) is 1.47. The van der Waals surface area contributed by atoms with Crippen molar-refractivity contribution < 1.29 is 19.1 Å². The van der Waals surface area contributed by atoms with Crippen LogP contribution in [0.5, 0.6) is 11.5 Å². The zero-order valence-corrected chi connectivity index (χ0v) is 14.9. The first-order chi connectivity index (χ1) is 12.4. The summed E-state index contributed by atoms with van der Waals surface area (Å²) >= 11 is 0. The molecule has 8 nitrogen and oxygen atoms in total. The third-order valence-corrected chi connectivity index (χ3v) is 3.50. The second-order valence-electron chi connectivity index (χ2n) is 5.61. The van der Waals surface area contributed by atoms with Gasteiger partial charge in [0.1, 0.15) is 17.5 Å². The maximum atomic E-state index is 12.1. The van der Waals surface area contributed by atoms with Gasteiger partial charge in [-0.05, 0) is 30.7 Å². The molecule has 1 aromatic carbocycles. The van der Waals surface area contributed by atoms with Crippen molar-refractivity contribution in [3.63, 3.8) is 0 Å². The molecule has 0 saturated carbocycles. The predicted octanol–water partition coefficient (Wildman–Crippen LogP) is 1.45. The number of pyridine rings is 1. The number of aryl methyl sites for hydroxylation is 1. The van der Waals surface area contributed by atoms with E-state index in [0.29, 0.717) is 17.2 Å². The van der Waals surface area contributed by atoms with Crippen LogP contribution < -0.4 is 21.1 Å². The highest BCUT2D eigenvalue weighted by atomic mass is 16.5. The molecule has 1 aromatic heterocycles. The fraction of sp³-hybridized carbons (Fsp3) is 0.278. The van der Waals surface area contributed by atoms with Crippen LogP contribution >= 0.6 is 0 Å². The van der Waals surface area contributed by atoms with Crippen molar-refractivity contribution in [2.75, 3.05) is 26.1 Å². The number of aromatic nitrogens is 1. The Morgan fingerprint density at radius 3 is 2.73 bits per heavy atom. The lowest BCUT2D eigenvalue weighted by Crippen LogP contribution is -2.39. The fourth-order valence-electron chi connectivity index (χ4n) is 2.15. The number of carbonyl (C=O) groups excluding carboxylic acids is 2. The summed E-state index contributed by atoms with van der Waals surface area (Å²) in [6, 6.07) is 7.68. The number of amides is 2. The quantitative estimate of drug-likeness (QED) is 0.690. The minimum Gasteiger partial charge on any atom is -0.455 e. The Morgan fingerprint density at radius 2 is 2.04 bits per heavy atom. The smallest absolute Gasteiger partial charge is 0.269 e. The standard InChI is InChI=1S/C18H22N4O4/c1-11-4-5-14(22-17(23)13(19)10-25-3)16(8-11)26-12-6-7-21-15(9-12)18(24)20-2/h4-9,13H,10,19H2,1-3H3,(H,20,24)(H,22,23). The monoisotopic (exact) mass is 358 g/mol. The van der Waals surface area contributed by atoms with E-state index < -0.39 is 6.04 Å². The van der Waals surface area contributed by atoms with Crippen LogP contribution in [0.2, 0.25) is 0 Å². The van der Waals surface area contributed by atoms with E-state index in [1.165, 1.54) is 26.4 Å². The van der Waals surface area contributed by atoms with Gasteiger partial charge in [-0.3, -0.25) is 14.6 Å². The third kappa shape index (κ3) is 5.01. The number of nitrogens with two attached hydrogens (primary N) is 1. The van der Waals surface area contributed by atoms with E-state index in [1.54, 1.807) is 18.2 Å². The molecule has 0 spiro atoms. The lowest BCUT2D eigenvalue weighted by molar-refractivity contribution is -0.118. The highest BCUT2D eigenvalue weighted by Crippen LogP contribution is 2.30. The molecular formula is C18H22N4O4. The second kappa shape index (κ2) is 8.93. The van der Waals surface area contributed by atoms with Crippen molar-refractivity contribution in [1.29, 1.82) is 0 Å². The molecule has 138 valence electrons. The van der Waals surface area contributed by atoms with Crippen LogP contribution in [0.15, 0.2) is 36.5 Å². The first-order valence-corrected chi connectivity index (χ1v) is 7.96. The number of hydrogen-bond donors (Lipinski definition) is 3. The Kier molecular flexibility index (Phi) is 6.65. The summed E-state index contributed by atoms with van der Waals surface area (Å²) < 4.78 is 10.8. The molecule has 1 unspecified atom stereocenters. The number of carbonyl (C=O) groups is 2. The van der Waals surface area contributed by atoms with Crippen LogP contribution in [-0.4, -0.2) is 43.6 Å². The van der Waals surface area contributed by atoms with Gasteiger partial charge in [0.25, 0.3) is 5.91 Å². The summed E-state index contributed by atoms with van der Waals surface area (Å²) in [4.78, 5) is 27.8. The fourth-order valence-corrected chi connectivity index (χ4v) is 2.15. The zero-order chi connectivity index (χ0) is 19.1. The van der Waals surface area contributed by atoms with Gasteiger partial charge in [0, 0.05) is 26.4 Å². The van der Waals surface area contributed by atoms with E-state index in [-0.39, 0.29) is 24.1 Å². The number of nitrogens with one attached hydrogen (secondary N) is 2. The van der Waals surface area contributed by atoms with Gasteiger partial charge in [-0.25, -0.2) is 0 Å². The molecule has 1 atom stereocenters. The molecule has 8 heteroatoms. The first-order valence-electron chi connectivity index (χ1n) is 7.96. The third-order valence-electron chi connectivity index (χ3n) is 3.50.